The molecule has 2 aromatic rings. The van der Waals surface area contributed by atoms with Gasteiger partial charge in [-0.15, -0.1) is 0 Å². The van der Waals surface area contributed by atoms with Crippen LogP contribution in [-0.4, -0.2) is 61.2 Å². The van der Waals surface area contributed by atoms with E-state index in [0.29, 0.717) is 37.9 Å². The molecule has 0 bridgehead atoms. The van der Waals surface area contributed by atoms with Crippen LogP contribution in [0.1, 0.15) is 60.4 Å². The van der Waals surface area contributed by atoms with Crippen LogP contribution in [0.15, 0.2) is 41.5 Å². The van der Waals surface area contributed by atoms with Crippen LogP contribution in [0.2, 0.25) is 0 Å². The summed E-state index contributed by atoms with van der Waals surface area (Å²) in [7, 11) is 3.15. The molecule has 1 N–H and O–H groups in total. The lowest BCUT2D eigenvalue weighted by Crippen LogP contribution is -2.42. The number of hydrogen-bond donors (Lipinski definition) is 1. The van der Waals surface area contributed by atoms with Crippen LogP contribution < -0.4 is 15.5 Å². The van der Waals surface area contributed by atoms with Crippen LogP contribution in [-0.2, 0) is 11.3 Å². The van der Waals surface area contributed by atoms with Crippen molar-refractivity contribution in [1.82, 2.24) is 14.8 Å². The molecule has 0 aliphatic rings. The number of nitrogens with zero attached hydrogens (tertiary/aromatic N) is 2. The van der Waals surface area contributed by atoms with Gasteiger partial charge in [-0.05, 0) is 32.3 Å². The molecule has 34 heavy (non-hydrogen) atoms. The minimum Gasteiger partial charge on any atom is -0.496 e. The summed E-state index contributed by atoms with van der Waals surface area (Å²) in [6.45, 7) is 9.34. The molecule has 0 atom stereocenters. The summed E-state index contributed by atoms with van der Waals surface area (Å²) in [5.41, 5.74) is 0.181. The van der Waals surface area contributed by atoms with E-state index in [1.165, 1.54) is 12.4 Å². The fraction of sp³-hybridized carbons (Fsp3) is 0.500. The summed E-state index contributed by atoms with van der Waals surface area (Å²) in [5.74, 6) is 0.182. The fourth-order valence-electron chi connectivity index (χ4n) is 3.58. The van der Waals surface area contributed by atoms with Gasteiger partial charge in [0.25, 0.3) is 11.8 Å². The lowest BCUT2D eigenvalue weighted by atomic mass is 10.1. The first-order valence-corrected chi connectivity index (χ1v) is 11.6. The molecular formula is C26H37N3O5. The molecular weight excluding hydrogens is 434 g/mol. The van der Waals surface area contributed by atoms with E-state index >= 15 is 0 Å². The Morgan fingerprint density at radius 2 is 1.74 bits per heavy atom. The predicted octanol–water partition coefficient (Wildman–Crippen LogP) is 3.18. The van der Waals surface area contributed by atoms with Gasteiger partial charge in [0.1, 0.15) is 16.9 Å². The van der Waals surface area contributed by atoms with Crippen molar-refractivity contribution in [3.63, 3.8) is 0 Å². The summed E-state index contributed by atoms with van der Waals surface area (Å²) in [5, 5.41) is 2.82. The van der Waals surface area contributed by atoms with Gasteiger partial charge in [0, 0.05) is 44.2 Å². The number of nitrogens with one attached hydrogen (secondary N) is 1. The molecule has 8 nitrogen and oxygen atoms in total. The molecule has 2 amide bonds. The van der Waals surface area contributed by atoms with Crippen molar-refractivity contribution in [2.24, 2.45) is 5.92 Å². The van der Waals surface area contributed by atoms with Gasteiger partial charge in [-0.25, -0.2) is 0 Å². The maximum absolute atomic E-state index is 13.4. The highest BCUT2D eigenvalue weighted by molar-refractivity contribution is 5.99. The number of amides is 2. The van der Waals surface area contributed by atoms with E-state index in [1.54, 1.807) is 23.7 Å². The summed E-state index contributed by atoms with van der Waals surface area (Å²) in [6.07, 6.45) is 3.81. The van der Waals surface area contributed by atoms with Crippen molar-refractivity contribution in [2.75, 3.05) is 33.9 Å². The molecule has 8 heteroatoms. The maximum atomic E-state index is 13.4. The number of hydrogen-bond acceptors (Lipinski definition) is 5. The van der Waals surface area contributed by atoms with Gasteiger partial charge in [-0.2, -0.15) is 0 Å². The zero-order valence-corrected chi connectivity index (χ0v) is 21.1. The number of aromatic nitrogens is 1. The molecule has 1 aromatic heterocycles. The van der Waals surface area contributed by atoms with Crippen LogP contribution in [0.3, 0.4) is 0 Å². The third-order valence-corrected chi connectivity index (χ3v) is 5.53. The van der Waals surface area contributed by atoms with Crippen molar-refractivity contribution in [1.29, 1.82) is 0 Å². The number of carbonyl (C=O) groups is 2. The Hall–Kier alpha value is -3.13. The number of methoxy groups -OCH3 is 2. The minimum atomic E-state index is -0.577. The molecule has 0 unspecified atom stereocenters. The number of pyridine rings is 1. The molecule has 0 saturated carbocycles. The number of rotatable bonds is 12. The summed E-state index contributed by atoms with van der Waals surface area (Å²) < 4.78 is 12.3. The summed E-state index contributed by atoms with van der Waals surface area (Å²) in [6, 6.07) is 7.35. The van der Waals surface area contributed by atoms with E-state index in [2.05, 4.69) is 19.2 Å². The number of benzene rings is 1. The highest BCUT2D eigenvalue weighted by Crippen LogP contribution is 2.19. The normalized spacial score (nSPS) is 11.1. The predicted molar refractivity (Wildman–Crippen MR) is 133 cm³/mol. The smallest absolute Gasteiger partial charge is 0.259 e. The lowest BCUT2D eigenvalue weighted by molar-refractivity contribution is 0.0632. The summed E-state index contributed by atoms with van der Waals surface area (Å²) in [4.78, 5) is 41.2. The Morgan fingerprint density at radius 1 is 1.06 bits per heavy atom. The largest absolute Gasteiger partial charge is 0.496 e. The van der Waals surface area contributed by atoms with Crippen molar-refractivity contribution >= 4 is 11.8 Å². The Bertz CT molecular complexity index is 1030. The Balaban J connectivity index is 2.52. The van der Waals surface area contributed by atoms with Gasteiger partial charge in [0.15, 0.2) is 0 Å². The lowest BCUT2D eigenvalue weighted by Gasteiger charge is -2.26. The molecule has 0 spiro atoms. The van der Waals surface area contributed by atoms with E-state index < -0.39 is 17.2 Å². The van der Waals surface area contributed by atoms with Crippen LogP contribution in [0, 0.1) is 5.92 Å². The highest BCUT2D eigenvalue weighted by Gasteiger charge is 2.25. The van der Waals surface area contributed by atoms with Crippen molar-refractivity contribution < 1.29 is 19.1 Å². The minimum absolute atomic E-state index is 0.0452. The molecule has 0 fully saturated rings. The first-order chi connectivity index (χ1) is 16.2. The Morgan fingerprint density at radius 3 is 2.35 bits per heavy atom. The Labute approximate surface area is 201 Å². The molecule has 0 aliphatic carbocycles. The maximum Gasteiger partial charge on any atom is 0.259 e. The van der Waals surface area contributed by atoms with Crippen LogP contribution in [0.5, 0.6) is 5.75 Å². The third-order valence-electron chi connectivity index (χ3n) is 5.53. The standard InChI is InChI=1S/C26H37N3O5/c1-18(2)11-12-27-25(31)21-16-28(15-20-9-7-8-10-23(20)34-6)17-22(24(21)30)26(32)29(19(3)4)13-14-33-5/h7-10,16-19H,11-15H2,1-6H3,(H,27,31). The first kappa shape index (κ1) is 27.1. The van der Waals surface area contributed by atoms with Crippen molar-refractivity contribution in [3.8, 4) is 5.75 Å². The molecule has 0 aliphatic heterocycles. The number of ether oxygens (including phenoxy) is 2. The van der Waals surface area contributed by atoms with Gasteiger partial charge in [-0.1, -0.05) is 32.0 Å². The van der Waals surface area contributed by atoms with E-state index in [1.807, 2.05) is 38.1 Å². The van der Waals surface area contributed by atoms with Gasteiger partial charge < -0.3 is 24.3 Å². The second kappa shape index (κ2) is 12.9. The monoisotopic (exact) mass is 471 g/mol. The zero-order valence-electron chi connectivity index (χ0n) is 21.1. The third kappa shape index (κ3) is 7.18. The molecule has 0 radical (unpaired) electrons. The quantitative estimate of drug-likeness (QED) is 0.514. The number of para-hydroxylation sites is 1. The topological polar surface area (TPSA) is 89.9 Å². The highest BCUT2D eigenvalue weighted by atomic mass is 16.5. The fourth-order valence-corrected chi connectivity index (χ4v) is 3.58. The van der Waals surface area contributed by atoms with Crippen LogP contribution in [0.4, 0.5) is 0 Å². The van der Waals surface area contributed by atoms with E-state index in [-0.39, 0.29) is 17.2 Å². The van der Waals surface area contributed by atoms with Crippen LogP contribution >= 0.6 is 0 Å². The van der Waals surface area contributed by atoms with Crippen molar-refractivity contribution in [3.05, 3.63) is 63.6 Å². The van der Waals surface area contributed by atoms with Gasteiger partial charge >= 0.3 is 0 Å². The number of carbonyl (C=O) groups excluding carboxylic acids is 2. The second-order valence-corrected chi connectivity index (χ2v) is 8.92. The average Bonchev–Trinajstić information content (AvgIpc) is 2.80. The Kier molecular flexibility index (Phi) is 10.3. The average molecular weight is 472 g/mol. The molecule has 186 valence electrons. The van der Waals surface area contributed by atoms with E-state index in [9.17, 15) is 14.4 Å². The van der Waals surface area contributed by atoms with Crippen molar-refractivity contribution in [2.45, 2.75) is 46.7 Å². The SMILES string of the molecule is COCCN(C(=O)c1cn(Cc2ccccc2OC)cc(C(=O)NCCC(C)C)c1=O)C(C)C. The molecule has 2 rings (SSSR count). The zero-order chi connectivity index (χ0) is 25.3. The van der Waals surface area contributed by atoms with Gasteiger partial charge in [-0.3, -0.25) is 14.4 Å². The molecule has 1 heterocycles. The molecule has 0 saturated heterocycles. The van der Waals surface area contributed by atoms with Gasteiger partial charge in [0.2, 0.25) is 5.43 Å². The summed E-state index contributed by atoms with van der Waals surface area (Å²) >= 11 is 0. The molecule has 1 aromatic carbocycles. The first-order valence-electron chi connectivity index (χ1n) is 11.6. The second-order valence-electron chi connectivity index (χ2n) is 8.92. The van der Waals surface area contributed by atoms with E-state index in [4.69, 9.17) is 9.47 Å². The van der Waals surface area contributed by atoms with E-state index in [0.717, 1.165) is 12.0 Å². The van der Waals surface area contributed by atoms with Gasteiger partial charge in [0.05, 0.1) is 20.3 Å². The van der Waals surface area contributed by atoms with Crippen LogP contribution in [0.25, 0.3) is 0 Å².